The van der Waals surface area contributed by atoms with Crippen molar-refractivity contribution in [1.82, 2.24) is 9.55 Å². The van der Waals surface area contributed by atoms with Gasteiger partial charge in [0.2, 0.25) is 0 Å². The molecule has 1 aromatic heterocycles. The highest BCUT2D eigenvalue weighted by atomic mass is 127. The zero-order chi connectivity index (χ0) is 15.1. The predicted molar refractivity (Wildman–Crippen MR) is 101 cm³/mol. The Morgan fingerprint density at radius 2 is 1.86 bits per heavy atom. The summed E-state index contributed by atoms with van der Waals surface area (Å²) in [5.74, 6) is 1.27. The van der Waals surface area contributed by atoms with E-state index in [0.717, 1.165) is 27.0 Å². The van der Waals surface area contributed by atoms with Crippen molar-refractivity contribution < 1.29 is 0 Å². The molecule has 0 amide bonds. The fourth-order valence-corrected chi connectivity index (χ4v) is 4.04. The number of fused-ring (bicyclic) bond motifs is 1. The Morgan fingerprint density at radius 3 is 2.48 bits per heavy atom. The summed E-state index contributed by atoms with van der Waals surface area (Å²) >= 11 is 12.0. The van der Waals surface area contributed by atoms with Gasteiger partial charge in [0, 0.05) is 8.04 Å². The quantitative estimate of drug-likeness (QED) is 0.341. The number of rotatable bonds is 2. The first-order valence-electron chi connectivity index (χ1n) is 6.51. The number of hydrogen-bond acceptors (Lipinski definition) is 1. The number of imidazole rings is 1. The molecule has 21 heavy (non-hydrogen) atoms. The molecule has 0 radical (unpaired) electrons. The lowest BCUT2D eigenvalue weighted by Gasteiger charge is -2.15. The van der Waals surface area contributed by atoms with E-state index in [9.17, 15) is 0 Å². The van der Waals surface area contributed by atoms with E-state index in [-0.39, 0.29) is 0 Å². The lowest BCUT2D eigenvalue weighted by atomic mass is 10.1. The number of alkyl halides is 1. The molecule has 108 valence electrons. The van der Waals surface area contributed by atoms with Crippen LogP contribution in [-0.4, -0.2) is 9.55 Å². The van der Waals surface area contributed by atoms with Gasteiger partial charge >= 0.3 is 0 Å². The van der Waals surface area contributed by atoms with Crippen LogP contribution in [0.15, 0.2) is 34.8 Å². The van der Waals surface area contributed by atoms with E-state index in [2.05, 4.69) is 92.3 Å². The number of benzene rings is 2. The summed E-state index contributed by atoms with van der Waals surface area (Å²) in [6.45, 7) is 4.23. The lowest BCUT2D eigenvalue weighted by molar-refractivity contribution is 0.961. The lowest BCUT2D eigenvalue weighted by Crippen LogP contribution is -2.04. The minimum absolute atomic E-state index is 0.389. The summed E-state index contributed by atoms with van der Waals surface area (Å²) in [7, 11) is 0. The van der Waals surface area contributed by atoms with Gasteiger partial charge in [-0.15, -0.1) is 11.6 Å². The van der Waals surface area contributed by atoms with Crippen molar-refractivity contribution in [3.8, 4) is 5.69 Å². The molecule has 0 aliphatic rings. The monoisotopic (exact) mass is 474 g/mol. The summed E-state index contributed by atoms with van der Waals surface area (Å²) in [6.07, 6.45) is 0. The van der Waals surface area contributed by atoms with Crippen molar-refractivity contribution in [1.29, 1.82) is 0 Å². The van der Waals surface area contributed by atoms with E-state index >= 15 is 0 Å². The highest BCUT2D eigenvalue weighted by Crippen LogP contribution is 2.30. The van der Waals surface area contributed by atoms with Crippen molar-refractivity contribution >= 4 is 61.2 Å². The third-order valence-corrected chi connectivity index (χ3v) is 4.85. The topological polar surface area (TPSA) is 17.8 Å². The van der Waals surface area contributed by atoms with Crippen molar-refractivity contribution in [2.75, 3.05) is 0 Å². The van der Waals surface area contributed by atoms with Crippen LogP contribution in [0.25, 0.3) is 16.7 Å². The molecule has 2 nitrogen and oxygen atoms in total. The van der Waals surface area contributed by atoms with E-state index in [1.807, 2.05) is 0 Å². The van der Waals surface area contributed by atoms with E-state index in [1.165, 1.54) is 14.7 Å². The molecule has 0 atom stereocenters. The first kappa shape index (κ1) is 15.3. The van der Waals surface area contributed by atoms with Gasteiger partial charge < -0.3 is 0 Å². The zero-order valence-electron chi connectivity index (χ0n) is 11.6. The van der Waals surface area contributed by atoms with Gasteiger partial charge in [-0.2, -0.15) is 0 Å². The number of hydrogen-bond donors (Lipinski definition) is 0. The van der Waals surface area contributed by atoms with Crippen LogP contribution in [0.5, 0.6) is 0 Å². The number of aryl methyl sites for hydroxylation is 2. The second kappa shape index (κ2) is 5.89. The molecule has 3 rings (SSSR count). The third-order valence-electron chi connectivity index (χ3n) is 3.48. The first-order chi connectivity index (χ1) is 10.0. The van der Waals surface area contributed by atoms with Gasteiger partial charge in [0.1, 0.15) is 5.82 Å². The Bertz CT molecular complexity index is 819. The summed E-state index contributed by atoms with van der Waals surface area (Å²) in [5, 5.41) is 0. The second-order valence-electron chi connectivity index (χ2n) is 5.02. The van der Waals surface area contributed by atoms with E-state index in [0.29, 0.717) is 5.88 Å². The molecule has 1 heterocycles. The van der Waals surface area contributed by atoms with Crippen LogP contribution in [0.4, 0.5) is 0 Å². The Kier molecular flexibility index (Phi) is 4.30. The third kappa shape index (κ3) is 2.73. The van der Waals surface area contributed by atoms with Crippen molar-refractivity contribution in [3.63, 3.8) is 0 Å². The molecule has 3 aromatic rings. The molecular weight excluding hydrogens is 462 g/mol. The Labute approximate surface area is 150 Å². The molecule has 0 N–H and O–H groups in total. The van der Waals surface area contributed by atoms with Gasteiger partial charge in [0.15, 0.2) is 0 Å². The van der Waals surface area contributed by atoms with Crippen LogP contribution in [0, 0.1) is 17.4 Å². The first-order valence-corrected chi connectivity index (χ1v) is 8.92. The summed E-state index contributed by atoms with van der Waals surface area (Å²) in [5.41, 5.74) is 5.65. The van der Waals surface area contributed by atoms with Crippen LogP contribution in [0.2, 0.25) is 0 Å². The van der Waals surface area contributed by atoms with Crippen molar-refractivity contribution in [2.45, 2.75) is 19.7 Å². The van der Waals surface area contributed by atoms with Gasteiger partial charge in [0.25, 0.3) is 0 Å². The molecule has 2 aromatic carbocycles. The van der Waals surface area contributed by atoms with Gasteiger partial charge in [-0.1, -0.05) is 15.9 Å². The summed E-state index contributed by atoms with van der Waals surface area (Å²) in [4.78, 5) is 4.69. The number of nitrogens with zero attached hydrogens (tertiary/aromatic N) is 2. The van der Waals surface area contributed by atoms with Gasteiger partial charge in [-0.05, 0) is 77.9 Å². The van der Waals surface area contributed by atoms with Gasteiger partial charge in [0.05, 0.1) is 22.6 Å². The predicted octanol–water partition coefficient (Wildman–Crippen LogP) is 5.75. The molecule has 0 saturated carbocycles. The minimum atomic E-state index is 0.389. The highest BCUT2D eigenvalue weighted by Gasteiger charge is 2.15. The SMILES string of the molecule is Cc1cc(Br)cc(C)c1-n1c(CCl)nc2cc(I)ccc21. The average molecular weight is 476 g/mol. The Hall–Kier alpha value is -0.590. The minimum Gasteiger partial charge on any atom is -0.295 e. The molecule has 5 heteroatoms. The summed E-state index contributed by atoms with van der Waals surface area (Å²) in [6, 6.07) is 10.5. The molecular formula is C16H13BrClIN2. The molecule has 0 unspecified atom stereocenters. The zero-order valence-corrected chi connectivity index (χ0v) is 16.1. The van der Waals surface area contributed by atoms with Crippen LogP contribution in [-0.2, 0) is 5.88 Å². The van der Waals surface area contributed by atoms with Crippen molar-refractivity contribution in [2.24, 2.45) is 0 Å². The Morgan fingerprint density at radius 1 is 1.19 bits per heavy atom. The normalized spacial score (nSPS) is 11.3. The standard InChI is InChI=1S/C16H13BrClIN2/c1-9-5-11(17)6-10(2)16(9)21-14-4-3-12(19)7-13(14)20-15(21)8-18/h3-7H,8H2,1-2H3. The van der Waals surface area contributed by atoms with Crippen LogP contribution >= 0.6 is 50.1 Å². The highest BCUT2D eigenvalue weighted by molar-refractivity contribution is 14.1. The fourth-order valence-electron chi connectivity index (χ4n) is 2.70. The maximum absolute atomic E-state index is 6.13. The molecule has 0 fully saturated rings. The maximum Gasteiger partial charge on any atom is 0.129 e. The molecule has 0 aliphatic heterocycles. The van der Waals surface area contributed by atoms with Gasteiger partial charge in [-0.25, -0.2) is 4.98 Å². The largest absolute Gasteiger partial charge is 0.295 e. The molecule has 0 saturated heterocycles. The van der Waals surface area contributed by atoms with Crippen LogP contribution < -0.4 is 0 Å². The van der Waals surface area contributed by atoms with Crippen LogP contribution in [0.3, 0.4) is 0 Å². The van der Waals surface area contributed by atoms with E-state index in [4.69, 9.17) is 11.6 Å². The average Bonchev–Trinajstić information content (AvgIpc) is 2.75. The fraction of sp³-hybridized carbons (Fsp3) is 0.188. The molecule has 0 bridgehead atoms. The molecule has 0 spiro atoms. The van der Waals surface area contributed by atoms with Gasteiger partial charge in [-0.3, -0.25) is 4.57 Å². The van der Waals surface area contributed by atoms with E-state index in [1.54, 1.807) is 0 Å². The Balaban J connectivity index is 2.39. The van der Waals surface area contributed by atoms with Crippen LogP contribution in [0.1, 0.15) is 17.0 Å². The second-order valence-corrected chi connectivity index (χ2v) is 7.45. The van der Waals surface area contributed by atoms with Crippen molar-refractivity contribution in [3.05, 3.63) is 55.3 Å². The smallest absolute Gasteiger partial charge is 0.129 e. The molecule has 0 aliphatic carbocycles. The maximum atomic E-state index is 6.13. The number of aromatic nitrogens is 2. The summed E-state index contributed by atoms with van der Waals surface area (Å²) < 4.78 is 4.44. The van der Waals surface area contributed by atoms with E-state index < -0.39 is 0 Å². The number of halogens is 3.